The summed E-state index contributed by atoms with van der Waals surface area (Å²) in [6.07, 6.45) is 0.937. The molecule has 4 heteroatoms. The van der Waals surface area contributed by atoms with Crippen molar-refractivity contribution in [3.8, 4) is 0 Å². The Morgan fingerprint density at radius 1 is 1.19 bits per heavy atom. The number of hydrogen-bond donors (Lipinski definition) is 0. The van der Waals surface area contributed by atoms with Crippen LogP contribution in [-0.4, -0.2) is 23.9 Å². The zero-order chi connectivity index (χ0) is 12.0. The van der Waals surface area contributed by atoms with Crippen LogP contribution in [0.25, 0.3) is 0 Å². The second-order valence-corrected chi connectivity index (χ2v) is 4.04. The van der Waals surface area contributed by atoms with E-state index in [9.17, 15) is 8.78 Å². The molecule has 0 bridgehead atoms. The number of rotatable bonds is 6. The van der Waals surface area contributed by atoms with Crippen LogP contribution in [0.5, 0.6) is 0 Å². The molecule has 1 rings (SSSR count). The highest BCUT2D eigenvalue weighted by molar-refractivity contribution is 6.18. The molecule has 0 saturated heterocycles. The van der Waals surface area contributed by atoms with E-state index in [1.54, 1.807) is 0 Å². The monoisotopic (exact) mass is 247 g/mol. The molecule has 0 aliphatic heterocycles. The number of alkyl halides is 1. The molecule has 0 atom stereocenters. The SMILES string of the molecule is CCCN(CCCl)Cc1c(F)cccc1F. The Morgan fingerprint density at radius 3 is 2.31 bits per heavy atom. The Hall–Kier alpha value is -0.670. The van der Waals surface area contributed by atoms with Crippen molar-refractivity contribution in [2.24, 2.45) is 0 Å². The molecule has 0 N–H and O–H groups in total. The van der Waals surface area contributed by atoms with Crippen LogP contribution < -0.4 is 0 Å². The lowest BCUT2D eigenvalue weighted by Gasteiger charge is -2.20. The fraction of sp³-hybridized carbons (Fsp3) is 0.500. The molecule has 1 nitrogen and oxygen atoms in total. The van der Waals surface area contributed by atoms with Crippen molar-refractivity contribution in [1.82, 2.24) is 4.90 Å². The Labute approximate surface area is 100 Å². The Bertz CT molecular complexity index is 305. The standard InChI is InChI=1S/C12H16ClF2N/c1-2-7-16(8-6-13)9-10-11(14)4-3-5-12(10)15/h3-5H,2,6-9H2,1H3. The molecule has 0 fully saturated rings. The normalized spacial score (nSPS) is 11.1. The molecule has 0 aromatic heterocycles. The van der Waals surface area contributed by atoms with Crippen molar-refractivity contribution in [1.29, 1.82) is 0 Å². The van der Waals surface area contributed by atoms with Gasteiger partial charge in [0, 0.05) is 24.5 Å². The largest absolute Gasteiger partial charge is 0.298 e. The molecule has 0 saturated carbocycles. The Balaban J connectivity index is 2.76. The highest BCUT2D eigenvalue weighted by Crippen LogP contribution is 2.14. The summed E-state index contributed by atoms with van der Waals surface area (Å²) in [6, 6.07) is 3.94. The summed E-state index contributed by atoms with van der Waals surface area (Å²) in [5, 5.41) is 0. The molecular formula is C12H16ClF2N. The molecule has 1 aromatic carbocycles. The van der Waals surface area contributed by atoms with Crippen molar-refractivity contribution < 1.29 is 8.78 Å². The molecule has 16 heavy (non-hydrogen) atoms. The highest BCUT2D eigenvalue weighted by atomic mass is 35.5. The summed E-state index contributed by atoms with van der Waals surface area (Å²) in [5.41, 5.74) is 0.126. The van der Waals surface area contributed by atoms with E-state index in [1.165, 1.54) is 18.2 Å². The van der Waals surface area contributed by atoms with Gasteiger partial charge >= 0.3 is 0 Å². The lowest BCUT2D eigenvalue weighted by molar-refractivity contribution is 0.273. The molecule has 0 amide bonds. The molecule has 1 aromatic rings. The van der Waals surface area contributed by atoms with Crippen LogP contribution in [-0.2, 0) is 6.54 Å². The lowest BCUT2D eigenvalue weighted by atomic mass is 10.2. The smallest absolute Gasteiger partial charge is 0.130 e. The van der Waals surface area contributed by atoms with Crippen LogP contribution in [0, 0.1) is 11.6 Å². The predicted octanol–water partition coefficient (Wildman–Crippen LogP) is 3.42. The van der Waals surface area contributed by atoms with Gasteiger partial charge in [0.15, 0.2) is 0 Å². The summed E-state index contributed by atoms with van der Waals surface area (Å²) < 4.78 is 26.8. The van der Waals surface area contributed by atoms with E-state index in [0.29, 0.717) is 12.4 Å². The molecule has 0 radical (unpaired) electrons. The van der Waals surface area contributed by atoms with Gasteiger partial charge in [0.05, 0.1) is 0 Å². The summed E-state index contributed by atoms with van der Waals surface area (Å²) in [4.78, 5) is 1.95. The van der Waals surface area contributed by atoms with Gasteiger partial charge in [-0.1, -0.05) is 13.0 Å². The Kier molecular flexibility index (Phi) is 5.71. The molecule has 0 heterocycles. The first-order valence-electron chi connectivity index (χ1n) is 5.40. The van der Waals surface area contributed by atoms with E-state index in [4.69, 9.17) is 11.6 Å². The molecule has 90 valence electrons. The maximum atomic E-state index is 13.4. The number of nitrogens with zero attached hydrogens (tertiary/aromatic N) is 1. The minimum Gasteiger partial charge on any atom is -0.298 e. The average Bonchev–Trinajstić information content (AvgIpc) is 2.24. The topological polar surface area (TPSA) is 3.24 Å². The summed E-state index contributed by atoms with van der Waals surface area (Å²) in [7, 11) is 0. The summed E-state index contributed by atoms with van der Waals surface area (Å²) in [6.45, 7) is 3.74. The van der Waals surface area contributed by atoms with Gasteiger partial charge in [-0.25, -0.2) is 8.78 Å². The zero-order valence-electron chi connectivity index (χ0n) is 9.35. The Morgan fingerprint density at radius 2 is 1.81 bits per heavy atom. The van der Waals surface area contributed by atoms with E-state index in [2.05, 4.69) is 0 Å². The van der Waals surface area contributed by atoms with Crippen LogP contribution in [0.1, 0.15) is 18.9 Å². The van der Waals surface area contributed by atoms with Crippen molar-refractivity contribution in [2.45, 2.75) is 19.9 Å². The quantitative estimate of drug-likeness (QED) is 0.697. The minimum atomic E-state index is -0.490. The molecule has 0 spiro atoms. The molecule has 0 aliphatic rings. The van der Waals surface area contributed by atoms with Crippen LogP contribution in [0.4, 0.5) is 8.78 Å². The van der Waals surface area contributed by atoms with Crippen LogP contribution in [0.3, 0.4) is 0 Å². The predicted molar refractivity (Wildman–Crippen MR) is 62.6 cm³/mol. The van der Waals surface area contributed by atoms with Crippen molar-refractivity contribution in [2.75, 3.05) is 19.0 Å². The average molecular weight is 248 g/mol. The van der Waals surface area contributed by atoms with Gasteiger partial charge in [0.25, 0.3) is 0 Å². The first-order valence-corrected chi connectivity index (χ1v) is 5.93. The first-order chi connectivity index (χ1) is 7.69. The van der Waals surface area contributed by atoms with Crippen LogP contribution in [0.2, 0.25) is 0 Å². The van der Waals surface area contributed by atoms with Gasteiger partial charge in [0.1, 0.15) is 11.6 Å². The second-order valence-electron chi connectivity index (χ2n) is 3.67. The minimum absolute atomic E-state index is 0.126. The molecule has 0 unspecified atom stereocenters. The zero-order valence-corrected chi connectivity index (χ0v) is 10.1. The van der Waals surface area contributed by atoms with E-state index in [1.807, 2.05) is 11.8 Å². The van der Waals surface area contributed by atoms with Gasteiger partial charge in [-0.3, -0.25) is 4.90 Å². The lowest BCUT2D eigenvalue weighted by Crippen LogP contribution is -2.27. The van der Waals surface area contributed by atoms with Crippen LogP contribution >= 0.6 is 11.6 Å². The maximum absolute atomic E-state index is 13.4. The number of benzene rings is 1. The van der Waals surface area contributed by atoms with Crippen molar-refractivity contribution in [3.05, 3.63) is 35.4 Å². The highest BCUT2D eigenvalue weighted by Gasteiger charge is 2.12. The third-order valence-corrected chi connectivity index (χ3v) is 2.55. The fourth-order valence-corrected chi connectivity index (χ4v) is 1.85. The third-order valence-electron chi connectivity index (χ3n) is 2.38. The second kappa shape index (κ2) is 6.81. The molecular weight excluding hydrogens is 232 g/mol. The fourth-order valence-electron chi connectivity index (χ4n) is 1.61. The molecule has 0 aliphatic carbocycles. The van der Waals surface area contributed by atoms with Gasteiger partial charge in [-0.05, 0) is 25.1 Å². The summed E-state index contributed by atoms with van der Waals surface area (Å²) in [5.74, 6) is -0.512. The van der Waals surface area contributed by atoms with Gasteiger partial charge in [-0.2, -0.15) is 0 Å². The van der Waals surface area contributed by atoms with E-state index >= 15 is 0 Å². The van der Waals surface area contributed by atoms with Crippen molar-refractivity contribution >= 4 is 11.6 Å². The third kappa shape index (κ3) is 3.72. The van der Waals surface area contributed by atoms with E-state index in [0.717, 1.165) is 13.0 Å². The maximum Gasteiger partial charge on any atom is 0.130 e. The van der Waals surface area contributed by atoms with Gasteiger partial charge in [0.2, 0.25) is 0 Å². The van der Waals surface area contributed by atoms with Crippen LogP contribution in [0.15, 0.2) is 18.2 Å². The van der Waals surface area contributed by atoms with E-state index in [-0.39, 0.29) is 12.1 Å². The van der Waals surface area contributed by atoms with Crippen molar-refractivity contribution in [3.63, 3.8) is 0 Å². The number of halogens is 3. The van der Waals surface area contributed by atoms with Gasteiger partial charge < -0.3 is 0 Å². The van der Waals surface area contributed by atoms with Gasteiger partial charge in [-0.15, -0.1) is 11.6 Å². The number of hydrogen-bond acceptors (Lipinski definition) is 1. The summed E-state index contributed by atoms with van der Waals surface area (Å²) >= 11 is 5.65. The first kappa shape index (κ1) is 13.4. The van der Waals surface area contributed by atoms with E-state index < -0.39 is 11.6 Å².